The smallest absolute Gasteiger partial charge is 0.305 e. The van der Waals surface area contributed by atoms with Gasteiger partial charge < -0.3 is 5.11 Å². The molecule has 2 aromatic rings. The predicted octanol–water partition coefficient (Wildman–Crippen LogP) is 2.18. The van der Waals surface area contributed by atoms with Crippen LogP contribution >= 0.6 is 15.9 Å². The molecule has 0 unspecified atom stereocenters. The molecule has 17 heavy (non-hydrogen) atoms. The summed E-state index contributed by atoms with van der Waals surface area (Å²) in [7, 11) is 0. The molecular formula is C11H10BrN3O2. The van der Waals surface area contributed by atoms with E-state index in [0.29, 0.717) is 12.4 Å². The molecule has 0 saturated carbocycles. The minimum atomic E-state index is -0.844. The summed E-state index contributed by atoms with van der Waals surface area (Å²) in [4.78, 5) is 14.6. The van der Waals surface area contributed by atoms with E-state index >= 15 is 0 Å². The van der Waals surface area contributed by atoms with Crippen molar-refractivity contribution in [2.24, 2.45) is 0 Å². The summed E-state index contributed by atoms with van der Waals surface area (Å²) in [5.41, 5.74) is 0.890. The first kappa shape index (κ1) is 11.8. The summed E-state index contributed by atoms with van der Waals surface area (Å²) in [6.07, 6.45) is 1.58. The average molecular weight is 296 g/mol. The van der Waals surface area contributed by atoms with Crippen LogP contribution < -0.4 is 0 Å². The molecule has 0 aliphatic rings. The van der Waals surface area contributed by atoms with Gasteiger partial charge >= 0.3 is 5.97 Å². The Balaban J connectivity index is 2.18. The fraction of sp³-hybridized carbons (Fsp3) is 0.182. The average Bonchev–Trinajstić information content (AvgIpc) is 2.75. The van der Waals surface area contributed by atoms with Crippen LogP contribution in [0.4, 0.5) is 0 Å². The largest absolute Gasteiger partial charge is 0.481 e. The number of halogens is 1. The van der Waals surface area contributed by atoms with E-state index in [9.17, 15) is 4.79 Å². The van der Waals surface area contributed by atoms with Crippen LogP contribution in [0.25, 0.3) is 11.4 Å². The topological polar surface area (TPSA) is 68.0 Å². The molecule has 88 valence electrons. The minimum absolute atomic E-state index is 0.0404. The van der Waals surface area contributed by atoms with Crippen molar-refractivity contribution < 1.29 is 9.90 Å². The van der Waals surface area contributed by atoms with Crippen LogP contribution in [-0.2, 0) is 11.3 Å². The molecule has 1 heterocycles. The SMILES string of the molecule is O=C(O)CCn1cnc(-c2ccccc2Br)n1. The molecule has 0 atom stereocenters. The number of carboxylic acid groups (broad SMARTS) is 1. The Bertz CT molecular complexity index is 539. The highest BCUT2D eigenvalue weighted by molar-refractivity contribution is 9.10. The molecule has 1 N–H and O–H groups in total. The second-order valence-electron chi connectivity index (χ2n) is 3.45. The number of hydrogen-bond donors (Lipinski definition) is 1. The third-order valence-corrected chi connectivity index (χ3v) is 2.90. The molecule has 0 aliphatic carbocycles. The van der Waals surface area contributed by atoms with Gasteiger partial charge in [0.15, 0.2) is 5.82 Å². The molecule has 0 aliphatic heterocycles. The Morgan fingerprint density at radius 1 is 1.41 bits per heavy atom. The van der Waals surface area contributed by atoms with Crippen LogP contribution in [0.15, 0.2) is 35.1 Å². The van der Waals surface area contributed by atoms with Gasteiger partial charge in [0, 0.05) is 10.0 Å². The minimum Gasteiger partial charge on any atom is -0.481 e. The molecule has 0 radical (unpaired) electrons. The monoisotopic (exact) mass is 295 g/mol. The van der Waals surface area contributed by atoms with E-state index < -0.39 is 5.97 Å². The first-order valence-corrected chi connectivity index (χ1v) is 5.82. The van der Waals surface area contributed by atoms with E-state index in [1.54, 1.807) is 0 Å². The van der Waals surface area contributed by atoms with Crippen molar-refractivity contribution in [2.45, 2.75) is 13.0 Å². The lowest BCUT2D eigenvalue weighted by Gasteiger charge is -1.98. The molecule has 1 aromatic heterocycles. The zero-order chi connectivity index (χ0) is 12.3. The molecule has 0 fully saturated rings. The van der Waals surface area contributed by atoms with Crippen molar-refractivity contribution in [1.29, 1.82) is 0 Å². The summed E-state index contributed by atoms with van der Waals surface area (Å²) in [5.74, 6) is -0.259. The van der Waals surface area contributed by atoms with Crippen LogP contribution in [0.2, 0.25) is 0 Å². The zero-order valence-corrected chi connectivity index (χ0v) is 10.5. The second-order valence-corrected chi connectivity index (χ2v) is 4.31. The maximum atomic E-state index is 10.4. The number of carboxylic acids is 1. The van der Waals surface area contributed by atoms with Crippen LogP contribution in [0.5, 0.6) is 0 Å². The third kappa shape index (κ3) is 2.91. The van der Waals surface area contributed by atoms with Gasteiger partial charge in [0.2, 0.25) is 0 Å². The Morgan fingerprint density at radius 2 is 2.18 bits per heavy atom. The van der Waals surface area contributed by atoms with Gasteiger partial charge in [-0.2, -0.15) is 5.10 Å². The number of aliphatic carboxylic acids is 1. The molecule has 2 rings (SSSR count). The van der Waals surface area contributed by atoms with Crippen molar-refractivity contribution in [3.63, 3.8) is 0 Å². The first-order valence-electron chi connectivity index (χ1n) is 5.03. The van der Waals surface area contributed by atoms with Gasteiger partial charge in [-0.3, -0.25) is 9.48 Å². The van der Waals surface area contributed by atoms with Gasteiger partial charge in [0.05, 0.1) is 13.0 Å². The van der Waals surface area contributed by atoms with Crippen molar-refractivity contribution in [2.75, 3.05) is 0 Å². The summed E-state index contributed by atoms with van der Waals surface area (Å²) in [6, 6.07) is 7.63. The van der Waals surface area contributed by atoms with Gasteiger partial charge in [-0.1, -0.05) is 28.1 Å². The Morgan fingerprint density at radius 3 is 2.88 bits per heavy atom. The maximum Gasteiger partial charge on any atom is 0.305 e. The Hall–Kier alpha value is -1.69. The molecule has 0 saturated heterocycles. The molecule has 0 amide bonds. The van der Waals surface area contributed by atoms with Crippen LogP contribution in [0.3, 0.4) is 0 Å². The highest BCUT2D eigenvalue weighted by Gasteiger charge is 2.08. The molecule has 1 aromatic carbocycles. The maximum absolute atomic E-state index is 10.4. The number of aryl methyl sites for hydroxylation is 1. The second kappa shape index (κ2) is 5.09. The van der Waals surface area contributed by atoms with Crippen molar-refractivity contribution in [1.82, 2.24) is 14.8 Å². The van der Waals surface area contributed by atoms with Gasteiger partial charge in [-0.05, 0) is 12.1 Å². The van der Waals surface area contributed by atoms with Crippen molar-refractivity contribution >= 4 is 21.9 Å². The van der Waals surface area contributed by atoms with Gasteiger partial charge in [-0.15, -0.1) is 0 Å². The number of carbonyl (C=O) groups is 1. The predicted molar refractivity (Wildman–Crippen MR) is 65.4 cm³/mol. The summed E-state index contributed by atoms with van der Waals surface area (Å²) < 4.78 is 2.44. The quantitative estimate of drug-likeness (QED) is 0.939. The number of hydrogen-bond acceptors (Lipinski definition) is 3. The molecular weight excluding hydrogens is 286 g/mol. The lowest BCUT2D eigenvalue weighted by Crippen LogP contribution is -2.04. The highest BCUT2D eigenvalue weighted by Crippen LogP contribution is 2.24. The van der Waals surface area contributed by atoms with Crippen molar-refractivity contribution in [3.8, 4) is 11.4 Å². The van der Waals surface area contributed by atoms with Crippen molar-refractivity contribution in [3.05, 3.63) is 35.1 Å². The summed E-state index contributed by atoms with van der Waals surface area (Å²) in [6.45, 7) is 0.326. The van der Waals surface area contributed by atoms with E-state index in [2.05, 4.69) is 26.0 Å². The summed E-state index contributed by atoms with van der Waals surface area (Å²) >= 11 is 3.42. The zero-order valence-electron chi connectivity index (χ0n) is 8.88. The Kier molecular flexibility index (Phi) is 3.53. The van der Waals surface area contributed by atoms with E-state index in [1.165, 1.54) is 11.0 Å². The highest BCUT2D eigenvalue weighted by atomic mass is 79.9. The Labute approximate surface area is 106 Å². The number of benzene rings is 1. The van der Waals surface area contributed by atoms with E-state index in [4.69, 9.17) is 5.11 Å². The molecule has 5 nitrogen and oxygen atoms in total. The fourth-order valence-corrected chi connectivity index (χ4v) is 1.84. The van der Waals surface area contributed by atoms with Gasteiger partial charge in [0.1, 0.15) is 6.33 Å². The van der Waals surface area contributed by atoms with Crippen LogP contribution in [0, 0.1) is 0 Å². The standard InChI is InChI=1S/C11H10BrN3O2/c12-9-4-2-1-3-8(9)11-13-7-15(14-11)6-5-10(16)17/h1-4,7H,5-6H2,(H,16,17). The normalized spacial score (nSPS) is 10.4. The van der Waals surface area contributed by atoms with Gasteiger partial charge in [-0.25, -0.2) is 4.98 Å². The van der Waals surface area contributed by atoms with E-state index in [1.807, 2.05) is 24.3 Å². The van der Waals surface area contributed by atoms with E-state index in [-0.39, 0.29) is 6.42 Å². The van der Waals surface area contributed by atoms with E-state index in [0.717, 1.165) is 10.0 Å². The number of rotatable bonds is 4. The third-order valence-electron chi connectivity index (χ3n) is 2.21. The van der Waals surface area contributed by atoms with Crippen LogP contribution in [-0.4, -0.2) is 25.8 Å². The lowest BCUT2D eigenvalue weighted by atomic mass is 10.2. The number of aromatic nitrogens is 3. The summed E-state index contributed by atoms with van der Waals surface area (Å²) in [5, 5.41) is 12.8. The first-order chi connectivity index (χ1) is 8.16. The lowest BCUT2D eigenvalue weighted by molar-refractivity contribution is -0.137. The fourth-order valence-electron chi connectivity index (χ4n) is 1.38. The van der Waals surface area contributed by atoms with Gasteiger partial charge in [0.25, 0.3) is 0 Å². The number of nitrogens with zero attached hydrogens (tertiary/aromatic N) is 3. The van der Waals surface area contributed by atoms with Crippen LogP contribution in [0.1, 0.15) is 6.42 Å². The molecule has 0 bridgehead atoms. The molecule has 0 spiro atoms. The molecule has 6 heteroatoms.